The molecule has 0 amide bonds. The summed E-state index contributed by atoms with van der Waals surface area (Å²) in [6.07, 6.45) is 5.89. The lowest BCUT2D eigenvalue weighted by Crippen LogP contribution is -2.37. The van der Waals surface area contributed by atoms with Crippen LogP contribution in [0.25, 0.3) is 0 Å². The minimum atomic E-state index is -0.500. The molecular formula is C26H38N2O3. The zero-order valence-corrected chi connectivity index (χ0v) is 19.1. The van der Waals surface area contributed by atoms with Crippen molar-refractivity contribution in [3.63, 3.8) is 0 Å². The lowest BCUT2D eigenvalue weighted by atomic mass is 10.1. The monoisotopic (exact) mass is 426 g/mol. The Bertz CT molecular complexity index is 788. The standard InChI is InChI=1S/C26H38N2O3/c1-21-9-8-10-22(15-21)17-27-18-23-11-12-25(26(16-23)30-2)31-20-24(29)19-28-13-6-4-3-5-7-14-28/h8-12,15-16,24,27,29H,3-7,13-14,17-20H2,1-2H3/t24-/m0/s1. The second kappa shape index (κ2) is 12.7. The van der Waals surface area contributed by atoms with E-state index in [-0.39, 0.29) is 6.61 Å². The summed E-state index contributed by atoms with van der Waals surface area (Å²) in [4.78, 5) is 2.37. The quantitative estimate of drug-likeness (QED) is 0.593. The van der Waals surface area contributed by atoms with Crippen molar-refractivity contribution in [2.45, 2.75) is 58.2 Å². The van der Waals surface area contributed by atoms with Crippen LogP contribution >= 0.6 is 0 Å². The highest BCUT2D eigenvalue weighted by Gasteiger charge is 2.15. The van der Waals surface area contributed by atoms with Crippen LogP contribution in [0.4, 0.5) is 0 Å². The van der Waals surface area contributed by atoms with Gasteiger partial charge in [-0.05, 0) is 56.1 Å². The van der Waals surface area contributed by atoms with Gasteiger partial charge in [0.25, 0.3) is 0 Å². The van der Waals surface area contributed by atoms with E-state index in [0.717, 1.165) is 31.7 Å². The topological polar surface area (TPSA) is 54.0 Å². The van der Waals surface area contributed by atoms with Gasteiger partial charge in [-0.3, -0.25) is 0 Å². The lowest BCUT2D eigenvalue weighted by Gasteiger charge is -2.26. The fraction of sp³-hybridized carbons (Fsp3) is 0.538. The van der Waals surface area contributed by atoms with Crippen LogP contribution in [0.5, 0.6) is 11.5 Å². The van der Waals surface area contributed by atoms with E-state index in [0.29, 0.717) is 18.0 Å². The van der Waals surface area contributed by atoms with Crippen LogP contribution in [-0.4, -0.2) is 49.5 Å². The SMILES string of the molecule is COc1cc(CNCc2cccc(C)c2)ccc1OC[C@@H](O)CN1CCCCCCC1. The number of β-amino-alcohol motifs (C(OH)–C–C–N with tert-alkyl or cyclic N) is 1. The van der Waals surface area contributed by atoms with Crippen LogP contribution < -0.4 is 14.8 Å². The summed E-state index contributed by atoms with van der Waals surface area (Å²) in [5, 5.41) is 13.9. The van der Waals surface area contributed by atoms with Crippen molar-refractivity contribution >= 4 is 0 Å². The molecule has 1 fully saturated rings. The first-order valence-corrected chi connectivity index (χ1v) is 11.6. The molecule has 0 unspecified atom stereocenters. The van der Waals surface area contributed by atoms with Gasteiger partial charge in [0, 0.05) is 19.6 Å². The number of nitrogens with zero attached hydrogens (tertiary/aromatic N) is 1. The van der Waals surface area contributed by atoms with Gasteiger partial charge in [0.1, 0.15) is 12.7 Å². The van der Waals surface area contributed by atoms with Gasteiger partial charge in [0.15, 0.2) is 11.5 Å². The molecule has 0 aromatic heterocycles. The molecule has 0 saturated carbocycles. The summed E-state index contributed by atoms with van der Waals surface area (Å²) in [6, 6.07) is 14.5. The molecule has 5 nitrogen and oxygen atoms in total. The molecule has 2 aromatic carbocycles. The maximum Gasteiger partial charge on any atom is 0.161 e. The number of aryl methyl sites for hydroxylation is 1. The molecule has 31 heavy (non-hydrogen) atoms. The maximum atomic E-state index is 10.5. The Balaban J connectivity index is 1.46. The molecule has 1 saturated heterocycles. The van der Waals surface area contributed by atoms with Gasteiger partial charge >= 0.3 is 0 Å². The second-order valence-corrected chi connectivity index (χ2v) is 8.61. The molecule has 5 heteroatoms. The molecule has 0 bridgehead atoms. The molecule has 0 radical (unpaired) electrons. The smallest absolute Gasteiger partial charge is 0.161 e. The van der Waals surface area contributed by atoms with Crippen LogP contribution in [0, 0.1) is 6.92 Å². The van der Waals surface area contributed by atoms with E-state index in [2.05, 4.69) is 41.4 Å². The summed E-state index contributed by atoms with van der Waals surface area (Å²) < 4.78 is 11.4. The van der Waals surface area contributed by atoms with Crippen LogP contribution in [0.2, 0.25) is 0 Å². The first-order valence-electron chi connectivity index (χ1n) is 11.6. The molecule has 1 atom stereocenters. The predicted octanol–water partition coefficient (Wildman–Crippen LogP) is 4.30. The number of benzene rings is 2. The Labute approximate surface area is 187 Å². The average molecular weight is 427 g/mol. The van der Waals surface area contributed by atoms with Gasteiger partial charge in [-0.2, -0.15) is 0 Å². The first-order chi connectivity index (χ1) is 15.1. The fourth-order valence-electron chi connectivity index (χ4n) is 4.15. The molecule has 170 valence electrons. The Hall–Kier alpha value is -2.08. The Morgan fingerprint density at radius 3 is 2.35 bits per heavy atom. The van der Waals surface area contributed by atoms with Crippen molar-refractivity contribution < 1.29 is 14.6 Å². The number of methoxy groups -OCH3 is 1. The first kappa shape index (κ1) is 23.6. The highest BCUT2D eigenvalue weighted by Crippen LogP contribution is 2.28. The normalized spacial score (nSPS) is 16.4. The van der Waals surface area contributed by atoms with E-state index in [4.69, 9.17) is 9.47 Å². The summed E-state index contributed by atoms with van der Waals surface area (Å²) in [7, 11) is 1.66. The third-order valence-electron chi connectivity index (χ3n) is 5.82. The van der Waals surface area contributed by atoms with Crippen LogP contribution in [0.1, 0.15) is 48.8 Å². The second-order valence-electron chi connectivity index (χ2n) is 8.61. The summed E-state index contributed by atoms with van der Waals surface area (Å²) in [5.41, 5.74) is 3.69. The maximum absolute atomic E-state index is 10.5. The molecule has 1 aliphatic rings. The number of hydrogen-bond donors (Lipinski definition) is 2. The van der Waals surface area contributed by atoms with Crippen molar-refractivity contribution in [3.05, 3.63) is 59.2 Å². The molecule has 2 N–H and O–H groups in total. The van der Waals surface area contributed by atoms with Crippen LogP contribution in [0.3, 0.4) is 0 Å². The summed E-state index contributed by atoms with van der Waals surface area (Å²) in [6.45, 7) is 6.78. The third-order valence-corrected chi connectivity index (χ3v) is 5.82. The number of likely N-dealkylation sites (tertiary alicyclic amines) is 1. The molecular weight excluding hydrogens is 388 g/mol. The summed E-state index contributed by atoms with van der Waals surface area (Å²) in [5.74, 6) is 1.38. The van der Waals surface area contributed by atoms with Gasteiger partial charge in [-0.1, -0.05) is 55.2 Å². The number of rotatable bonds is 10. The Morgan fingerprint density at radius 1 is 0.935 bits per heavy atom. The minimum absolute atomic E-state index is 0.276. The van der Waals surface area contributed by atoms with Gasteiger partial charge in [-0.25, -0.2) is 0 Å². The van der Waals surface area contributed by atoms with Crippen LogP contribution in [0.15, 0.2) is 42.5 Å². The molecule has 1 heterocycles. The Kier molecular flexibility index (Phi) is 9.66. The highest BCUT2D eigenvalue weighted by molar-refractivity contribution is 5.43. The molecule has 0 aliphatic carbocycles. The Morgan fingerprint density at radius 2 is 1.65 bits per heavy atom. The van der Waals surface area contributed by atoms with E-state index in [9.17, 15) is 5.11 Å². The van der Waals surface area contributed by atoms with E-state index in [1.165, 1.54) is 43.2 Å². The van der Waals surface area contributed by atoms with Crippen LogP contribution in [-0.2, 0) is 13.1 Å². The number of aliphatic hydroxyl groups excluding tert-OH is 1. The molecule has 3 rings (SSSR count). The number of aliphatic hydroxyl groups is 1. The van der Waals surface area contributed by atoms with Crippen molar-refractivity contribution in [1.82, 2.24) is 10.2 Å². The highest BCUT2D eigenvalue weighted by atomic mass is 16.5. The number of nitrogens with one attached hydrogen (secondary N) is 1. The third kappa shape index (κ3) is 8.17. The summed E-state index contributed by atoms with van der Waals surface area (Å²) >= 11 is 0. The minimum Gasteiger partial charge on any atom is -0.493 e. The van der Waals surface area contributed by atoms with E-state index in [1.54, 1.807) is 7.11 Å². The van der Waals surface area contributed by atoms with E-state index in [1.807, 2.05) is 18.2 Å². The van der Waals surface area contributed by atoms with E-state index >= 15 is 0 Å². The van der Waals surface area contributed by atoms with Gasteiger partial charge in [0.2, 0.25) is 0 Å². The fourth-order valence-corrected chi connectivity index (χ4v) is 4.15. The molecule has 1 aliphatic heterocycles. The van der Waals surface area contributed by atoms with Gasteiger partial charge < -0.3 is 24.8 Å². The lowest BCUT2D eigenvalue weighted by molar-refractivity contribution is 0.0645. The van der Waals surface area contributed by atoms with Crippen molar-refractivity contribution in [1.29, 1.82) is 0 Å². The molecule has 2 aromatic rings. The van der Waals surface area contributed by atoms with Crippen molar-refractivity contribution in [3.8, 4) is 11.5 Å². The number of hydrogen-bond acceptors (Lipinski definition) is 5. The van der Waals surface area contributed by atoms with Crippen molar-refractivity contribution in [2.75, 3.05) is 33.4 Å². The van der Waals surface area contributed by atoms with Gasteiger partial charge in [0.05, 0.1) is 7.11 Å². The predicted molar refractivity (Wildman–Crippen MR) is 126 cm³/mol. The average Bonchev–Trinajstić information content (AvgIpc) is 2.74. The van der Waals surface area contributed by atoms with E-state index < -0.39 is 6.10 Å². The largest absolute Gasteiger partial charge is 0.493 e. The van der Waals surface area contributed by atoms with Crippen molar-refractivity contribution in [2.24, 2.45) is 0 Å². The molecule has 0 spiro atoms. The zero-order valence-electron chi connectivity index (χ0n) is 19.1. The number of ether oxygens (including phenoxy) is 2. The zero-order chi connectivity index (χ0) is 21.9. The van der Waals surface area contributed by atoms with Gasteiger partial charge in [-0.15, -0.1) is 0 Å².